The molecule has 8 heavy (non-hydrogen) atoms. The van der Waals surface area contributed by atoms with Crippen molar-refractivity contribution < 1.29 is 4.74 Å². The van der Waals surface area contributed by atoms with Crippen molar-refractivity contribution in [3.8, 4) is 0 Å². The van der Waals surface area contributed by atoms with Crippen LogP contribution < -0.4 is 0 Å². The molecule has 2 aliphatic carbocycles. The van der Waals surface area contributed by atoms with Crippen LogP contribution in [0.1, 0.15) is 26.2 Å². The van der Waals surface area contributed by atoms with Crippen molar-refractivity contribution in [2.24, 2.45) is 5.41 Å². The van der Waals surface area contributed by atoms with Crippen molar-refractivity contribution in [2.75, 3.05) is 7.11 Å². The van der Waals surface area contributed by atoms with Crippen molar-refractivity contribution in [3.05, 3.63) is 0 Å². The molecule has 0 saturated heterocycles. The molecule has 0 radical (unpaired) electrons. The van der Waals surface area contributed by atoms with Gasteiger partial charge in [-0.3, -0.25) is 0 Å². The molecule has 1 atom stereocenters. The highest BCUT2D eigenvalue weighted by atomic mass is 16.5. The minimum atomic E-state index is 0.299. The maximum atomic E-state index is 5.33. The zero-order valence-electron chi connectivity index (χ0n) is 5.53. The molecular formula is C7H12O. The Hall–Kier alpha value is -0.0400. The van der Waals surface area contributed by atoms with Gasteiger partial charge in [0.2, 0.25) is 0 Å². The Bertz CT molecular complexity index is 126. The van der Waals surface area contributed by atoms with E-state index in [-0.39, 0.29) is 0 Å². The highest BCUT2D eigenvalue weighted by molar-refractivity contribution is 5.22. The highest BCUT2D eigenvalue weighted by Crippen LogP contribution is 2.74. The van der Waals surface area contributed by atoms with Crippen LogP contribution in [0.15, 0.2) is 0 Å². The van der Waals surface area contributed by atoms with Gasteiger partial charge in [0.25, 0.3) is 0 Å². The van der Waals surface area contributed by atoms with E-state index in [0.717, 1.165) is 0 Å². The summed E-state index contributed by atoms with van der Waals surface area (Å²) in [6.45, 7) is 2.22. The number of methoxy groups -OCH3 is 1. The normalized spacial score (nSPS) is 47.2. The molecule has 0 aromatic heterocycles. The monoisotopic (exact) mass is 112 g/mol. The lowest BCUT2D eigenvalue weighted by Crippen LogP contribution is -2.08. The van der Waals surface area contributed by atoms with Gasteiger partial charge in [-0.1, -0.05) is 0 Å². The van der Waals surface area contributed by atoms with Crippen LogP contribution in [0.2, 0.25) is 0 Å². The summed E-state index contributed by atoms with van der Waals surface area (Å²) in [7, 11) is 1.83. The first-order valence-corrected chi connectivity index (χ1v) is 3.28. The minimum absolute atomic E-state index is 0.299. The Balaban J connectivity index is 2.11. The van der Waals surface area contributed by atoms with Crippen LogP contribution in [0.4, 0.5) is 0 Å². The second-order valence-corrected chi connectivity index (χ2v) is 3.39. The van der Waals surface area contributed by atoms with E-state index in [4.69, 9.17) is 4.74 Å². The zero-order chi connectivity index (χ0) is 5.83. The summed E-state index contributed by atoms with van der Waals surface area (Å²) in [4.78, 5) is 0. The summed E-state index contributed by atoms with van der Waals surface area (Å²) in [6.07, 6.45) is 4.14. The Kier molecular flexibility index (Phi) is 0.583. The van der Waals surface area contributed by atoms with Gasteiger partial charge in [-0.05, 0) is 26.2 Å². The van der Waals surface area contributed by atoms with Crippen molar-refractivity contribution in [2.45, 2.75) is 31.8 Å². The topological polar surface area (TPSA) is 9.23 Å². The molecule has 2 rings (SSSR count). The van der Waals surface area contributed by atoms with Crippen LogP contribution in [0.25, 0.3) is 0 Å². The molecule has 46 valence electrons. The third-order valence-electron chi connectivity index (χ3n) is 2.98. The summed E-state index contributed by atoms with van der Waals surface area (Å²) in [5.74, 6) is 0. The predicted octanol–water partition coefficient (Wildman–Crippen LogP) is 1.58. The fraction of sp³-hybridized carbons (Fsp3) is 1.00. The van der Waals surface area contributed by atoms with Crippen LogP contribution in [0, 0.1) is 5.41 Å². The molecule has 0 heterocycles. The van der Waals surface area contributed by atoms with Gasteiger partial charge in [-0.25, -0.2) is 0 Å². The van der Waals surface area contributed by atoms with Gasteiger partial charge >= 0.3 is 0 Å². The van der Waals surface area contributed by atoms with E-state index in [1.165, 1.54) is 19.3 Å². The molecule has 2 aliphatic rings. The van der Waals surface area contributed by atoms with Crippen LogP contribution in [0.3, 0.4) is 0 Å². The summed E-state index contributed by atoms with van der Waals surface area (Å²) < 4.78 is 5.33. The van der Waals surface area contributed by atoms with Crippen molar-refractivity contribution in [1.82, 2.24) is 0 Å². The number of hydrogen-bond donors (Lipinski definition) is 0. The number of ether oxygens (including phenoxy) is 1. The summed E-state index contributed by atoms with van der Waals surface area (Å²) in [5.41, 5.74) is 0.981. The van der Waals surface area contributed by atoms with E-state index in [1.807, 2.05) is 7.11 Å². The van der Waals surface area contributed by atoms with Gasteiger partial charge in [-0.15, -0.1) is 0 Å². The molecule has 0 bridgehead atoms. The highest BCUT2D eigenvalue weighted by Gasteiger charge is 2.72. The maximum absolute atomic E-state index is 5.33. The zero-order valence-corrected chi connectivity index (χ0v) is 5.53. The molecule has 0 aromatic carbocycles. The fourth-order valence-electron chi connectivity index (χ4n) is 1.75. The lowest BCUT2D eigenvalue weighted by molar-refractivity contribution is 0.0776. The Morgan fingerprint density at radius 1 is 1.38 bits per heavy atom. The molecule has 2 saturated carbocycles. The summed E-state index contributed by atoms with van der Waals surface area (Å²) in [6, 6.07) is 0. The van der Waals surface area contributed by atoms with Gasteiger partial charge < -0.3 is 4.74 Å². The van der Waals surface area contributed by atoms with E-state index >= 15 is 0 Å². The van der Waals surface area contributed by atoms with Crippen molar-refractivity contribution in [1.29, 1.82) is 0 Å². The SMILES string of the molecule is COC1(C)CC12CC2. The molecule has 0 N–H and O–H groups in total. The predicted molar refractivity (Wildman–Crippen MR) is 31.7 cm³/mol. The first kappa shape index (κ1) is 4.80. The third-order valence-corrected chi connectivity index (χ3v) is 2.98. The molecular weight excluding hydrogens is 100 g/mol. The maximum Gasteiger partial charge on any atom is 0.0714 e. The third kappa shape index (κ3) is 0.334. The van der Waals surface area contributed by atoms with Gasteiger partial charge in [-0.2, -0.15) is 0 Å². The van der Waals surface area contributed by atoms with E-state index in [2.05, 4.69) is 6.92 Å². The van der Waals surface area contributed by atoms with Crippen molar-refractivity contribution >= 4 is 0 Å². The Morgan fingerprint density at radius 3 is 2.12 bits per heavy atom. The van der Waals surface area contributed by atoms with Crippen LogP contribution in [0.5, 0.6) is 0 Å². The van der Waals surface area contributed by atoms with Crippen molar-refractivity contribution in [3.63, 3.8) is 0 Å². The summed E-state index contributed by atoms with van der Waals surface area (Å²) in [5, 5.41) is 0. The fourth-order valence-corrected chi connectivity index (χ4v) is 1.75. The van der Waals surface area contributed by atoms with Gasteiger partial charge in [0.1, 0.15) is 0 Å². The molecule has 1 nitrogen and oxygen atoms in total. The lowest BCUT2D eigenvalue weighted by atomic mass is 10.3. The van der Waals surface area contributed by atoms with Crippen LogP contribution in [-0.2, 0) is 4.74 Å². The number of rotatable bonds is 1. The molecule has 0 amide bonds. The summed E-state index contributed by atoms with van der Waals surface area (Å²) >= 11 is 0. The largest absolute Gasteiger partial charge is 0.378 e. The standard InChI is InChI=1S/C7H12O/c1-6(8-2)5-7(6)3-4-7/h3-5H2,1-2H3. The van der Waals surface area contributed by atoms with E-state index in [1.54, 1.807) is 0 Å². The average Bonchev–Trinajstić information content (AvgIpc) is 2.57. The van der Waals surface area contributed by atoms with Crippen LogP contribution >= 0.6 is 0 Å². The average molecular weight is 112 g/mol. The van der Waals surface area contributed by atoms with E-state index < -0.39 is 0 Å². The van der Waals surface area contributed by atoms with Gasteiger partial charge in [0.15, 0.2) is 0 Å². The Morgan fingerprint density at radius 2 is 2.00 bits per heavy atom. The number of hydrogen-bond acceptors (Lipinski definition) is 1. The smallest absolute Gasteiger partial charge is 0.0714 e. The minimum Gasteiger partial charge on any atom is -0.378 e. The quantitative estimate of drug-likeness (QED) is 0.500. The molecule has 1 heteroatoms. The van der Waals surface area contributed by atoms with Gasteiger partial charge in [0, 0.05) is 12.5 Å². The van der Waals surface area contributed by atoms with Crippen LogP contribution in [-0.4, -0.2) is 12.7 Å². The second kappa shape index (κ2) is 0.971. The Labute approximate surface area is 50.0 Å². The first-order chi connectivity index (χ1) is 3.72. The first-order valence-electron chi connectivity index (χ1n) is 3.28. The molecule has 1 spiro atoms. The molecule has 1 unspecified atom stereocenters. The second-order valence-electron chi connectivity index (χ2n) is 3.39. The lowest BCUT2D eigenvalue weighted by Gasteiger charge is -2.05. The molecule has 2 fully saturated rings. The molecule has 0 aliphatic heterocycles. The van der Waals surface area contributed by atoms with E-state index in [9.17, 15) is 0 Å². The molecule has 0 aromatic rings. The van der Waals surface area contributed by atoms with E-state index in [0.29, 0.717) is 11.0 Å². The van der Waals surface area contributed by atoms with Gasteiger partial charge in [0.05, 0.1) is 5.60 Å².